The molecule has 1 aliphatic heterocycles. The van der Waals surface area contributed by atoms with Crippen LogP contribution in [0.15, 0.2) is 0 Å². The van der Waals surface area contributed by atoms with Gasteiger partial charge < -0.3 is 30.3 Å². The van der Waals surface area contributed by atoms with E-state index in [4.69, 9.17) is 9.84 Å². The fraction of sp³-hybridized carbons (Fsp3) is 0.800. The largest absolute Gasteiger partial charge is 0.394 e. The number of ether oxygens (including phenoxy) is 1. The SMILES string of the molecule is CC(=O)C1(O)O[C@H](CO)[C@@H](O)[C@H](O)[C@]1(O)C(C)=O. The van der Waals surface area contributed by atoms with E-state index in [0.29, 0.717) is 0 Å². The van der Waals surface area contributed by atoms with Crippen LogP contribution >= 0.6 is 0 Å². The van der Waals surface area contributed by atoms with E-state index in [0.717, 1.165) is 13.8 Å². The molecule has 0 aliphatic carbocycles. The predicted octanol–water partition coefficient (Wildman–Crippen LogP) is -3.30. The number of carbonyl (C=O) groups is 2. The summed E-state index contributed by atoms with van der Waals surface area (Å²) in [5.41, 5.74) is -3.00. The maximum atomic E-state index is 11.4. The van der Waals surface area contributed by atoms with Gasteiger partial charge in [0.15, 0.2) is 11.6 Å². The van der Waals surface area contributed by atoms with Crippen LogP contribution in [0.25, 0.3) is 0 Å². The van der Waals surface area contributed by atoms with Crippen LogP contribution in [0.1, 0.15) is 13.8 Å². The molecule has 0 radical (unpaired) electrons. The first-order valence-corrected chi connectivity index (χ1v) is 5.24. The highest BCUT2D eigenvalue weighted by molar-refractivity contribution is 5.97. The summed E-state index contributed by atoms with van der Waals surface area (Å²) in [6, 6.07) is 0. The standard InChI is InChI=1S/C10H16O8/c1-4(12)9(16)8(15)7(14)6(3-11)18-10(9,17)5(2)13/h6-8,11,14-17H,3H2,1-2H3/t6-,7-,8+,9-,10?/m1/s1. The van der Waals surface area contributed by atoms with Crippen molar-refractivity contribution in [2.24, 2.45) is 0 Å². The fourth-order valence-electron chi connectivity index (χ4n) is 1.97. The number of hydrogen-bond acceptors (Lipinski definition) is 8. The Kier molecular flexibility index (Phi) is 3.92. The summed E-state index contributed by atoms with van der Waals surface area (Å²) in [6.45, 7) is 0.848. The monoisotopic (exact) mass is 264 g/mol. The molecule has 1 fully saturated rings. The molecule has 1 heterocycles. The Bertz CT molecular complexity index is 369. The second-order valence-corrected chi connectivity index (χ2v) is 4.30. The van der Waals surface area contributed by atoms with Gasteiger partial charge in [-0.25, -0.2) is 0 Å². The minimum Gasteiger partial charge on any atom is -0.394 e. The van der Waals surface area contributed by atoms with Crippen LogP contribution in [0.2, 0.25) is 0 Å². The molecule has 0 saturated carbocycles. The molecule has 0 aromatic carbocycles. The first kappa shape index (κ1) is 15.2. The van der Waals surface area contributed by atoms with Crippen LogP contribution < -0.4 is 0 Å². The molecule has 0 aromatic rings. The summed E-state index contributed by atoms with van der Waals surface area (Å²) in [7, 11) is 0. The molecule has 0 aromatic heterocycles. The van der Waals surface area contributed by atoms with E-state index in [2.05, 4.69) is 0 Å². The quantitative estimate of drug-likeness (QED) is 0.356. The minimum atomic E-state index is -3.02. The van der Waals surface area contributed by atoms with Gasteiger partial charge in [0.2, 0.25) is 5.60 Å². The molecule has 1 rings (SSSR count). The lowest BCUT2D eigenvalue weighted by atomic mass is 9.75. The Morgan fingerprint density at radius 1 is 1.17 bits per heavy atom. The van der Waals surface area contributed by atoms with Crippen molar-refractivity contribution in [3.8, 4) is 0 Å². The maximum Gasteiger partial charge on any atom is 0.266 e. The zero-order chi connectivity index (χ0) is 14.3. The van der Waals surface area contributed by atoms with E-state index in [1.807, 2.05) is 0 Å². The first-order valence-electron chi connectivity index (χ1n) is 5.24. The molecule has 5 N–H and O–H groups in total. The van der Waals surface area contributed by atoms with Gasteiger partial charge in [-0.15, -0.1) is 0 Å². The van der Waals surface area contributed by atoms with Crippen molar-refractivity contribution in [3.63, 3.8) is 0 Å². The van der Waals surface area contributed by atoms with Crippen molar-refractivity contribution in [1.29, 1.82) is 0 Å². The molecule has 1 unspecified atom stereocenters. The van der Waals surface area contributed by atoms with Crippen molar-refractivity contribution in [2.45, 2.75) is 43.5 Å². The summed E-state index contributed by atoms with van der Waals surface area (Å²) < 4.78 is 4.72. The van der Waals surface area contributed by atoms with E-state index in [1.165, 1.54) is 0 Å². The average Bonchev–Trinajstić information content (AvgIpc) is 2.30. The normalized spacial score (nSPS) is 44.7. The van der Waals surface area contributed by atoms with Crippen LogP contribution in [0.3, 0.4) is 0 Å². The summed E-state index contributed by atoms with van der Waals surface area (Å²) in [4.78, 5) is 22.8. The fourth-order valence-corrected chi connectivity index (χ4v) is 1.97. The number of hydrogen-bond donors (Lipinski definition) is 5. The van der Waals surface area contributed by atoms with Gasteiger partial charge in [0, 0.05) is 6.92 Å². The Hall–Kier alpha value is -0.900. The van der Waals surface area contributed by atoms with Gasteiger partial charge in [0.25, 0.3) is 5.79 Å². The second kappa shape index (κ2) is 4.65. The molecule has 5 atom stereocenters. The molecule has 1 aliphatic rings. The lowest BCUT2D eigenvalue weighted by Crippen LogP contribution is -2.77. The van der Waals surface area contributed by atoms with Gasteiger partial charge in [-0.2, -0.15) is 0 Å². The predicted molar refractivity (Wildman–Crippen MR) is 55.2 cm³/mol. The number of aliphatic hydroxyl groups excluding tert-OH is 3. The molecule has 0 amide bonds. The maximum absolute atomic E-state index is 11.4. The molecule has 0 spiro atoms. The third kappa shape index (κ3) is 1.78. The molecule has 8 nitrogen and oxygen atoms in total. The van der Waals surface area contributed by atoms with E-state index < -0.39 is 47.9 Å². The van der Waals surface area contributed by atoms with Gasteiger partial charge in [0.05, 0.1) is 6.61 Å². The lowest BCUT2D eigenvalue weighted by molar-refractivity contribution is -0.356. The van der Waals surface area contributed by atoms with E-state index in [1.54, 1.807) is 0 Å². The summed E-state index contributed by atoms with van der Waals surface area (Å²) in [5, 5.41) is 48.3. The highest BCUT2D eigenvalue weighted by Crippen LogP contribution is 2.38. The third-order valence-corrected chi connectivity index (χ3v) is 3.16. The summed E-state index contributed by atoms with van der Waals surface area (Å²) in [5.74, 6) is -5.31. The Balaban J connectivity index is 3.36. The van der Waals surface area contributed by atoms with Gasteiger partial charge >= 0.3 is 0 Å². The smallest absolute Gasteiger partial charge is 0.266 e. The molecular weight excluding hydrogens is 248 g/mol. The van der Waals surface area contributed by atoms with Crippen LogP contribution in [-0.4, -0.2) is 73.4 Å². The van der Waals surface area contributed by atoms with Gasteiger partial charge in [-0.3, -0.25) is 9.59 Å². The molecule has 8 heteroatoms. The molecule has 1 saturated heterocycles. The van der Waals surface area contributed by atoms with Crippen molar-refractivity contribution >= 4 is 11.6 Å². The number of rotatable bonds is 3. The second-order valence-electron chi connectivity index (χ2n) is 4.30. The van der Waals surface area contributed by atoms with E-state index >= 15 is 0 Å². The van der Waals surface area contributed by atoms with Crippen molar-refractivity contribution < 1.29 is 39.9 Å². The number of ketones is 2. The molecule has 104 valence electrons. The zero-order valence-electron chi connectivity index (χ0n) is 9.90. The van der Waals surface area contributed by atoms with Gasteiger partial charge in [-0.05, 0) is 6.92 Å². The zero-order valence-corrected chi connectivity index (χ0v) is 9.90. The topological polar surface area (TPSA) is 145 Å². The number of aliphatic hydroxyl groups is 5. The van der Waals surface area contributed by atoms with Crippen LogP contribution in [-0.2, 0) is 14.3 Å². The molecule has 0 bridgehead atoms. The highest BCUT2D eigenvalue weighted by atomic mass is 16.7. The van der Waals surface area contributed by atoms with Crippen molar-refractivity contribution in [3.05, 3.63) is 0 Å². The Morgan fingerprint density at radius 3 is 2.00 bits per heavy atom. The summed E-state index contributed by atoms with van der Waals surface area (Å²) in [6.07, 6.45) is -5.51. The van der Waals surface area contributed by atoms with Gasteiger partial charge in [-0.1, -0.05) is 0 Å². The number of carbonyl (C=O) groups excluding carboxylic acids is 2. The molecular formula is C10H16O8. The lowest BCUT2D eigenvalue weighted by Gasteiger charge is -2.50. The highest BCUT2D eigenvalue weighted by Gasteiger charge is 2.68. The van der Waals surface area contributed by atoms with Crippen LogP contribution in [0, 0.1) is 0 Å². The first-order chi connectivity index (χ1) is 8.12. The Labute approximate surface area is 102 Å². The number of Topliss-reactive ketones (excluding diaryl/α,β-unsaturated/α-hetero) is 2. The minimum absolute atomic E-state index is 0.818. The van der Waals surface area contributed by atoms with Crippen LogP contribution in [0.5, 0.6) is 0 Å². The average molecular weight is 264 g/mol. The van der Waals surface area contributed by atoms with E-state index in [9.17, 15) is 30.0 Å². The van der Waals surface area contributed by atoms with E-state index in [-0.39, 0.29) is 0 Å². The van der Waals surface area contributed by atoms with Gasteiger partial charge in [0.1, 0.15) is 18.3 Å². The Morgan fingerprint density at radius 2 is 1.67 bits per heavy atom. The van der Waals surface area contributed by atoms with Crippen molar-refractivity contribution in [1.82, 2.24) is 0 Å². The van der Waals surface area contributed by atoms with Crippen LogP contribution in [0.4, 0.5) is 0 Å². The summed E-state index contributed by atoms with van der Waals surface area (Å²) >= 11 is 0. The molecule has 18 heavy (non-hydrogen) atoms. The third-order valence-electron chi connectivity index (χ3n) is 3.16. The van der Waals surface area contributed by atoms with Crippen molar-refractivity contribution in [2.75, 3.05) is 6.61 Å².